The largest absolute Gasteiger partial charge is 0.466 e. The Morgan fingerprint density at radius 2 is 2.13 bits per heavy atom. The van der Waals surface area contributed by atoms with Gasteiger partial charge in [0.1, 0.15) is 0 Å². The number of carbonyl (C=O) groups excluding carboxylic acids is 1. The third-order valence-corrected chi connectivity index (χ3v) is 3.86. The van der Waals surface area contributed by atoms with E-state index in [-0.39, 0.29) is 35.9 Å². The number of carbonyl (C=O) groups is 1. The summed E-state index contributed by atoms with van der Waals surface area (Å²) in [6.45, 7) is 5.66. The molecule has 23 heavy (non-hydrogen) atoms. The van der Waals surface area contributed by atoms with E-state index >= 15 is 0 Å². The molecule has 136 valence electrons. The topological polar surface area (TPSA) is 63.2 Å². The van der Waals surface area contributed by atoms with Crippen molar-refractivity contribution in [1.29, 1.82) is 0 Å². The van der Waals surface area contributed by atoms with Crippen LogP contribution in [-0.2, 0) is 14.3 Å². The van der Waals surface area contributed by atoms with Crippen LogP contribution in [0.5, 0.6) is 0 Å². The lowest BCUT2D eigenvalue weighted by atomic mass is 9.98. The summed E-state index contributed by atoms with van der Waals surface area (Å²) in [6, 6.07) is 0. The lowest BCUT2D eigenvalue weighted by Crippen LogP contribution is -2.48. The molecule has 0 bridgehead atoms. The molecule has 1 aliphatic rings. The number of ether oxygens (including phenoxy) is 2. The minimum absolute atomic E-state index is 0. The number of aliphatic imine (C=N–C) groups is 1. The van der Waals surface area contributed by atoms with E-state index < -0.39 is 0 Å². The summed E-state index contributed by atoms with van der Waals surface area (Å²) in [5.74, 6) is 0.775. The number of halogens is 1. The molecular formula is C16H32IN3O3. The third-order valence-electron chi connectivity index (χ3n) is 3.86. The Bertz CT molecular complexity index is 353. The summed E-state index contributed by atoms with van der Waals surface area (Å²) in [4.78, 5) is 18.4. The van der Waals surface area contributed by atoms with Crippen LogP contribution in [0.15, 0.2) is 4.99 Å². The van der Waals surface area contributed by atoms with Crippen LogP contribution in [0.25, 0.3) is 0 Å². The molecule has 0 amide bonds. The van der Waals surface area contributed by atoms with Gasteiger partial charge in [-0.25, -0.2) is 0 Å². The van der Waals surface area contributed by atoms with Crippen LogP contribution in [0.3, 0.4) is 0 Å². The highest BCUT2D eigenvalue weighted by molar-refractivity contribution is 14.0. The molecule has 1 fully saturated rings. The van der Waals surface area contributed by atoms with Gasteiger partial charge in [0.05, 0.1) is 12.5 Å². The van der Waals surface area contributed by atoms with Crippen LogP contribution in [0.2, 0.25) is 0 Å². The maximum Gasteiger partial charge on any atom is 0.310 e. The monoisotopic (exact) mass is 441 g/mol. The SMILES string of the molecule is CCOC(=O)C1CCCN(C(=NC)NCCCCCOC)C1.I. The van der Waals surface area contributed by atoms with Crippen LogP contribution in [-0.4, -0.2) is 63.8 Å². The highest BCUT2D eigenvalue weighted by atomic mass is 127. The van der Waals surface area contributed by atoms with E-state index in [0.29, 0.717) is 13.2 Å². The van der Waals surface area contributed by atoms with Crippen molar-refractivity contribution in [3.63, 3.8) is 0 Å². The fourth-order valence-electron chi connectivity index (χ4n) is 2.70. The Morgan fingerprint density at radius 1 is 1.35 bits per heavy atom. The molecule has 0 radical (unpaired) electrons. The Morgan fingerprint density at radius 3 is 2.78 bits per heavy atom. The number of nitrogens with one attached hydrogen (secondary N) is 1. The second kappa shape index (κ2) is 13.8. The zero-order valence-corrected chi connectivity index (χ0v) is 17.0. The molecular weight excluding hydrogens is 409 g/mol. The number of methoxy groups -OCH3 is 1. The minimum atomic E-state index is -0.0813. The predicted octanol–water partition coefficient (Wildman–Crippen LogP) is 2.27. The van der Waals surface area contributed by atoms with Gasteiger partial charge in [0.15, 0.2) is 5.96 Å². The summed E-state index contributed by atoms with van der Waals surface area (Å²) in [7, 11) is 3.53. The first kappa shape index (κ1) is 22.4. The van der Waals surface area contributed by atoms with Gasteiger partial charge in [-0.1, -0.05) is 0 Å². The number of piperidine rings is 1. The van der Waals surface area contributed by atoms with Gasteiger partial charge in [0.2, 0.25) is 0 Å². The number of rotatable bonds is 8. The maximum atomic E-state index is 11.9. The molecule has 6 nitrogen and oxygen atoms in total. The molecule has 0 aromatic carbocycles. The van der Waals surface area contributed by atoms with Crippen molar-refractivity contribution < 1.29 is 14.3 Å². The van der Waals surface area contributed by atoms with E-state index in [1.807, 2.05) is 6.92 Å². The van der Waals surface area contributed by atoms with E-state index in [2.05, 4.69) is 15.2 Å². The standard InChI is InChI=1S/C16H31N3O3.HI/c1-4-22-15(20)14-9-8-11-19(13-14)16(17-2)18-10-6-5-7-12-21-3;/h14H,4-13H2,1-3H3,(H,17,18);1H. The number of nitrogens with zero attached hydrogens (tertiary/aromatic N) is 2. The van der Waals surface area contributed by atoms with Gasteiger partial charge in [-0.05, 0) is 39.0 Å². The molecule has 1 saturated heterocycles. The van der Waals surface area contributed by atoms with Gasteiger partial charge in [-0.15, -0.1) is 24.0 Å². The van der Waals surface area contributed by atoms with Gasteiger partial charge in [-0.2, -0.15) is 0 Å². The molecule has 1 atom stereocenters. The number of guanidine groups is 1. The second-order valence-electron chi connectivity index (χ2n) is 5.56. The normalized spacial score (nSPS) is 18.3. The Hall–Kier alpha value is -0.570. The molecule has 1 N–H and O–H groups in total. The number of likely N-dealkylation sites (tertiary alicyclic amines) is 1. The molecule has 0 spiro atoms. The van der Waals surface area contributed by atoms with Crippen molar-refractivity contribution in [2.24, 2.45) is 10.9 Å². The fraction of sp³-hybridized carbons (Fsp3) is 0.875. The lowest BCUT2D eigenvalue weighted by Gasteiger charge is -2.33. The van der Waals surface area contributed by atoms with Crippen LogP contribution in [0.4, 0.5) is 0 Å². The molecule has 7 heteroatoms. The summed E-state index contributed by atoms with van der Waals surface area (Å²) in [5, 5.41) is 3.39. The summed E-state index contributed by atoms with van der Waals surface area (Å²) >= 11 is 0. The first-order chi connectivity index (χ1) is 10.7. The maximum absolute atomic E-state index is 11.9. The second-order valence-corrected chi connectivity index (χ2v) is 5.56. The molecule has 1 rings (SSSR count). The Labute approximate surface area is 157 Å². The Balaban J connectivity index is 0.00000484. The predicted molar refractivity (Wildman–Crippen MR) is 103 cm³/mol. The van der Waals surface area contributed by atoms with Crippen molar-refractivity contribution in [3.05, 3.63) is 0 Å². The molecule has 0 aliphatic carbocycles. The van der Waals surface area contributed by atoms with Crippen molar-refractivity contribution >= 4 is 35.9 Å². The van der Waals surface area contributed by atoms with E-state index in [1.54, 1.807) is 14.2 Å². The molecule has 1 unspecified atom stereocenters. The summed E-state index contributed by atoms with van der Waals surface area (Å²) < 4.78 is 10.2. The van der Waals surface area contributed by atoms with Crippen molar-refractivity contribution in [3.8, 4) is 0 Å². The van der Waals surface area contributed by atoms with Crippen LogP contribution < -0.4 is 5.32 Å². The van der Waals surface area contributed by atoms with Crippen LogP contribution in [0, 0.1) is 5.92 Å². The van der Waals surface area contributed by atoms with E-state index in [4.69, 9.17) is 9.47 Å². The average molecular weight is 441 g/mol. The first-order valence-electron chi connectivity index (χ1n) is 8.34. The number of esters is 1. The highest BCUT2D eigenvalue weighted by Gasteiger charge is 2.28. The van der Waals surface area contributed by atoms with Crippen LogP contribution >= 0.6 is 24.0 Å². The minimum Gasteiger partial charge on any atom is -0.466 e. The van der Waals surface area contributed by atoms with Gasteiger partial charge in [0, 0.05) is 40.4 Å². The van der Waals surface area contributed by atoms with E-state index in [0.717, 1.165) is 57.8 Å². The van der Waals surface area contributed by atoms with Crippen molar-refractivity contribution in [2.75, 3.05) is 47.0 Å². The zero-order chi connectivity index (χ0) is 16.2. The quantitative estimate of drug-likeness (QED) is 0.206. The fourth-order valence-corrected chi connectivity index (χ4v) is 2.70. The molecule has 0 aromatic heterocycles. The highest BCUT2D eigenvalue weighted by Crippen LogP contribution is 2.18. The molecule has 0 saturated carbocycles. The lowest BCUT2D eigenvalue weighted by molar-refractivity contribution is -0.149. The number of hydrogen-bond donors (Lipinski definition) is 1. The molecule has 1 heterocycles. The van der Waals surface area contributed by atoms with Gasteiger partial charge < -0.3 is 19.7 Å². The smallest absolute Gasteiger partial charge is 0.310 e. The van der Waals surface area contributed by atoms with Crippen molar-refractivity contribution in [1.82, 2.24) is 10.2 Å². The third kappa shape index (κ3) is 8.74. The van der Waals surface area contributed by atoms with Crippen molar-refractivity contribution in [2.45, 2.75) is 39.0 Å². The van der Waals surface area contributed by atoms with Crippen LogP contribution in [0.1, 0.15) is 39.0 Å². The van der Waals surface area contributed by atoms with Gasteiger partial charge in [0.25, 0.3) is 0 Å². The average Bonchev–Trinajstić information content (AvgIpc) is 2.54. The first-order valence-corrected chi connectivity index (χ1v) is 8.34. The summed E-state index contributed by atoms with van der Waals surface area (Å²) in [5.41, 5.74) is 0. The molecule has 1 aliphatic heterocycles. The summed E-state index contributed by atoms with van der Waals surface area (Å²) in [6.07, 6.45) is 5.23. The van der Waals surface area contributed by atoms with Gasteiger partial charge >= 0.3 is 5.97 Å². The number of unbranched alkanes of at least 4 members (excludes halogenated alkanes) is 2. The number of hydrogen-bond acceptors (Lipinski definition) is 4. The molecule has 0 aromatic rings. The van der Waals surface area contributed by atoms with Gasteiger partial charge in [-0.3, -0.25) is 9.79 Å². The van der Waals surface area contributed by atoms with E-state index in [1.165, 1.54) is 0 Å². The van der Waals surface area contributed by atoms with E-state index in [9.17, 15) is 4.79 Å². The zero-order valence-electron chi connectivity index (χ0n) is 14.7. The Kier molecular flexibility index (Phi) is 13.5.